The third-order valence-corrected chi connectivity index (χ3v) is 5.79. The van der Waals surface area contributed by atoms with E-state index in [1.165, 1.54) is 5.01 Å². The van der Waals surface area contributed by atoms with E-state index < -0.39 is 0 Å². The van der Waals surface area contributed by atoms with Crippen LogP contribution in [0.1, 0.15) is 50.4 Å². The summed E-state index contributed by atoms with van der Waals surface area (Å²) in [5.41, 5.74) is 3.94. The minimum absolute atomic E-state index is 0.0654. The first-order valence-corrected chi connectivity index (χ1v) is 10.7. The van der Waals surface area contributed by atoms with Crippen molar-refractivity contribution < 1.29 is 9.59 Å². The van der Waals surface area contributed by atoms with E-state index in [2.05, 4.69) is 30.9 Å². The van der Waals surface area contributed by atoms with Crippen molar-refractivity contribution in [2.75, 3.05) is 12.1 Å². The summed E-state index contributed by atoms with van der Waals surface area (Å²) in [7, 11) is 1.82. The molecule has 164 valence electrons. The van der Waals surface area contributed by atoms with E-state index in [1.807, 2.05) is 57.3 Å². The number of rotatable bonds is 5. The summed E-state index contributed by atoms with van der Waals surface area (Å²) < 4.78 is 0. The van der Waals surface area contributed by atoms with Crippen molar-refractivity contribution in [3.8, 4) is 0 Å². The SMILES string of the molecule is Cc1ccc(C)c(N2N=C(C(=O)N(C)[C@H](Cc3ccccn3)C(C)(C)C)CCC2=O)c1. The van der Waals surface area contributed by atoms with Gasteiger partial charge in [0.05, 0.1) is 5.69 Å². The maximum Gasteiger partial charge on any atom is 0.270 e. The van der Waals surface area contributed by atoms with Gasteiger partial charge >= 0.3 is 0 Å². The predicted octanol–water partition coefficient (Wildman–Crippen LogP) is 4.30. The molecular formula is C25H32N4O2. The fourth-order valence-electron chi connectivity index (χ4n) is 3.93. The Morgan fingerprint density at radius 1 is 1.16 bits per heavy atom. The van der Waals surface area contributed by atoms with Crippen LogP contribution in [-0.2, 0) is 16.0 Å². The van der Waals surface area contributed by atoms with E-state index in [0.717, 1.165) is 22.5 Å². The number of aryl methyl sites for hydroxylation is 2. The molecule has 1 aliphatic heterocycles. The third kappa shape index (κ3) is 5.19. The van der Waals surface area contributed by atoms with Crippen LogP contribution < -0.4 is 5.01 Å². The number of nitrogens with zero attached hydrogens (tertiary/aromatic N) is 4. The molecule has 0 fully saturated rings. The number of amides is 2. The topological polar surface area (TPSA) is 65.9 Å². The second-order valence-corrected chi connectivity index (χ2v) is 9.37. The van der Waals surface area contributed by atoms with Crippen molar-refractivity contribution in [3.63, 3.8) is 0 Å². The molecule has 0 unspecified atom stereocenters. The number of carbonyl (C=O) groups excluding carboxylic acids is 2. The summed E-state index contributed by atoms with van der Waals surface area (Å²) in [5.74, 6) is -0.229. The fourth-order valence-corrected chi connectivity index (χ4v) is 3.93. The first-order valence-electron chi connectivity index (χ1n) is 10.7. The second-order valence-electron chi connectivity index (χ2n) is 9.37. The molecule has 0 saturated carbocycles. The minimum atomic E-state index is -0.153. The number of hydrogen-bond donors (Lipinski definition) is 0. The number of hydrogen-bond acceptors (Lipinski definition) is 4. The van der Waals surface area contributed by atoms with Crippen LogP contribution in [0.5, 0.6) is 0 Å². The summed E-state index contributed by atoms with van der Waals surface area (Å²) in [6.45, 7) is 10.3. The number of likely N-dealkylation sites (N-methyl/N-ethyl adjacent to an activating group) is 1. The molecule has 0 spiro atoms. The Balaban J connectivity index is 1.90. The molecule has 2 amide bonds. The zero-order valence-corrected chi connectivity index (χ0v) is 19.3. The Kier molecular flexibility index (Phi) is 6.58. The smallest absolute Gasteiger partial charge is 0.270 e. The lowest BCUT2D eigenvalue weighted by Crippen LogP contribution is -2.50. The van der Waals surface area contributed by atoms with Gasteiger partial charge in [-0.3, -0.25) is 14.6 Å². The summed E-state index contributed by atoms with van der Waals surface area (Å²) in [4.78, 5) is 32.3. The first kappa shape index (κ1) is 22.7. The highest BCUT2D eigenvalue weighted by atomic mass is 16.2. The average molecular weight is 421 g/mol. The van der Waals surface area contributed by atoms with Gasteiger partial charge in [-0.05, 0) is 48.6 Å². The van der Waals surface area contributed by atoms with Crippen LogP contribution in [0, 0.1) is 19.3 Å². The van der Waals surface area contributed by atoms with Crippen LogP contribution in [0.4, 0.5) is 5.69 Å². The quantitative estimate of drug-likeness (QED) is 0.724. The number of carbonyl (C=O) groups is 2. The van der Waals surface area contributed by atoms with Gasteiger partial charge in [0.1, 0.15) is 5.71 Å². The van der Waals surface area contributed by atoms with E-state index in [1.54, 1.807) is 11.1 Å². The van der Waals surface area contributed by atoms with Crippen LogP contribution >= 0.6 is 0 Å². The van der Waals surface area contributed by atoms with E-state index in [-0.39, 0.29) is 29.7 Å². The molecule has 31 heavy (non-hydrogen) atoms. The minimum Gasteiger partial charge on any atom is -0.337 e. The first-order chi connectivity index (χ1) is 14.6. The average Bonchev–Trinajstić information content (AvgIpc) is 2.73. The summed E-state index contributed by atoms with van der Waals surface area (Å²) in [5, 5.41) is 5.92. The number of hydrazone groups is 1. The molecule has 1 atom stereocenters. The zero-order valence-electron chi connectivity index (χ0n) is 19.3. The third-order valence-electron chi connectivity index (χ3n) is 5.79. The normalized spacial score (nSPS) is 15.5. The van der Waals surface area contributed by atoms with E-state index in [9.17, 15) is 9.59 Å². The predicted molar refractivity (Wildman–Crippen MR) is 124 cm³/mol. The van der Waals surface area contributed by atoms with Crippen molar-refractivity contribution in [2.45, 2.75) is 59.9 Å². The van der Waals surface area contributed by atoms with Crippen LogP contribution in [0.2, 0.25) is 0 Å². The highest BCUT2D eigenvalue weighted by molar-refractivity contribution is 6.40. The molecule has 1 aromatic carbocycles. The van der Waals surface area contributed by atoms with Crippen LogP contribution in [0.3, 0.4) is 0 Å². The summed E-state index contributed by atoms with van der Waals surface area (Å²) in [6.07, 6.45) is 3.05. The summed E-state index contributed by atoms with van der Waals surface area (Å²) in [6, 6.07) is 11.7. The van der Waals surface area contributed by atoms with E-state index in [0.29, 0.717) is 18.6 Å². The van der Waals surface area contributed by atoms with Gasteiger partial charge in [0.15, 0.2) is 0 Å². The molecular weight excluding hydrogens is 388 g/mol. The summed E-state index contributed by atoms with van der Waals surface area (Å²) >= 11 is 0. The van der Waals surface area contributed by atoms with Crippen LogP contribution in [0.25, 0.3) is 0 Å². The van der Waals surface area contributed by atoms with Crippen molar-refractivity contribution in [1.82, 2.24) is 9.88 Å². The van der Waals surface area contributed by atoms with Gasteiger partial charge < -0.3 is 4.90 Å². The highest BCUT2D eigenvalue weighted by Crippen LogP contribution is 2.29. The molecule has 1 aromatic heterocycles. The number of anilines is 1. The van der Waals surface area contributed by atoms with Crippen LogP contribution in [0.15, 0.2) is 47.7 Å². The molecule has 6 heteroatoms. The van der Waals surface area contributed by atoms with Crippen molar-refractivity contribution >= 4 is 23.2 Å². The monoisotopic (exact) mass is 420 g/mol. The van der Waals surface area contributed by atoms with Gasteiger partial charge in [-0.1, -0.05) is 39.0 Å². The van der Waals surface area contributed by atoms with E-state index in [4.69, 9.17) is 0 Å². The van der Waals surface area contributed by atoms with Crippen molar-refractivity contribution in [3.05, 3.63) is 59.4 Å². The Morgan fingerprint density at radius 2 is 1.90 bits per heavy atom. The lowest BCUT2D eigenvalue weighted by molar-refractivity contribution is -0.127. The molecule has 0 radical (unpaired) electrons. The maximum atomic E-state index is 13.4. The molecule has 6 nitrogen and oxygen atoms in total. The Morgan fingerprint density at radius 3 is 2.55 bits per heavy atom. The lowest BCUT2D eigenvalue weighted by Gasteiger charge is -2.38. The zero-order chi connectivity index (χ0) is 22.8. The number of benzene rings is 1. The van der Waals surface area contributed by atoms with Gasteiger partial charge in [-0.15, -0.1) is 0 Å². The van der Waals surface area contributed by atoms with Gasteiger partial charge in [0.2, 0.25) is 5.91 Å². The van der Waals surface area contributed by atoms with Gasteiger partial charge in [0.25, 0.3) is 5.91 Å². The molecule has 0 aliphatic carbocycles. The largest absolute Gasteiger partial charge is 0.337 e. The van der Waals surface area contributed by atoms with Gasteiger partial charge in [-0.25, -0.2) is 5.01 Å². The Bertz CT molecular complexity index is 992. The molecule has 2 aromatic rings. The highest BCUT2D eigenvalue weighted by Gasteiger charge is 2.35. The Hall–Kier alpha value is -3.02. The molecule has 3 rings (SSSR count). The second kappa shape index (κ2) is 9.00. The fraction of sp³-hybridized carbons (Fsp3) is 0.440. The molecule has 0 saturated heterocycles. The Labute approximate surface area is 185 Å². The molecule has 0 N–H and O–H groups in total. The van der Waals surface area contributed by atoms with Gasteiger partial charge in [-0.2, -0.15) is 5.10 Å². The molecule has 2 heterocycles. The molecule has 1 aliphatic rings. The standard InChI is InChI=1S/C25H32N4O2/c1-17-10-11-18(2)21(15-17)29-23(30)13-12-20(27-29)24(31)28(6)22(25(3,4)5)16-19-9-7-8-14-26-19/h7-11,14-15,22H,12-13,16H2,1-6H3/t22-/m1/s1. The maximum absolute atomic E-state index is 13.4. The number of pyridine rings is 1. The van der Waals surface area contributed by atoms with Crippen LogP contribution in [-0.4, -0.2) is 40.5 Å². The molecule has 0 bridgehead atoms. The number of aromatic nitrogens is 1. The van der Waals surface area contributed by atoms with Gasteiger partial charge in [0, 0.05) is 44.2 Å². The van der Waals surface area contributed by atoms with E-state index >= 15 is 0 Å². The van der Waals surface area contributed by atoms with Crippen molar-refractivity contribution in [2.24, 2.45) is 10.5 Å². The lowest BCUT2D eigenvalue weighted by atomic mass is 9.82. The van der Waals surface area contributed by atoms with Crippen molar-refractivity contribution in [1.29, 1.82) is 0 Å².